The first-order chi connectivity index (χ1) is 14.6. The number of hydrogen-bond acceptors (Lipinski definition) is 7. The molecule has 5 rings (SSSR count). The number of hydrogen-bond donors (Lipinski definition) is 2. The molecule has 8 nitrogen and oxygen atoms in total. The van der Waals surface area contributed by atoms with Crippen LogP contribution >= 0.6 is 22.7 Å². The maximum Gasteiger partial charge on any atom is 0.281 e. The summed E-state index contributed by atoms with van der Waals surface area (Å²) in [6, 6.07) is 10.8. The molecule has 1 amide bonds. The van der Waals surface area contributed by atoms with Gasteiger partial charge >= 0.3 is 0 Å². The summed E-state index contributed by atoms with van der Waals surface area (Å²) in [6.45, 7) is 0. The largest absolute Gasteiger partial charge is 0.281 e. The molecule has 0 fully saturated rings. The number of nitrogens with one attached hydrogen (secondary N) is 2. The van der Waals surface area contributed by atoms with Crippen LogP contribution < -0.4 is 16.5 Å². The molecule has 0 bridgehead atoms. The second-order valence-corrected chi connectivity index (χ2v) is 8.29. The number of carbonyl (C=O) groups is 1. The molecular weight excluding hydrogens is 422 g/mol. The average molecular weight is 435 g/mol. The quantitative estimate of drug-likeness (QED) is 0.451. The number of carbonyl (C=O) groups excluding carboxylic acids is 1. The molecule has 0 atom stereocenters. The van der Waals surface area contributed by atoms with Gasteiger partial charge in [0.2, 0.25) is 5.91 Å². The van der Waals surface area contributed by atoms with Crippen LogP contribution in [0.2, 0.25) is 0 Å². The molecule has 4 aromatic heterocycles. The van der Waals surface area contributed by atoms with E-state index in [4.69, 9.17) is 0 Å². The van der Waals surface area contributed by atoms with Crippen molar-refractivity contribution in [3.63, 3.8) is 0 Å². The van der Waals surface area contributed by atoms with Gasteiger partial charge in [-0.1, -0.05) is 24.3 Å². The van der Waals surface area contributed by atoms with E-state index >= 15 is 0 Å². The molecule has 0 saturated carbocycles. The molecular formula is C20H13N5O3S2. The second kappa shape index (κ2) is 7.32. The Balaban J connectivity index is 1.48. The van der Waals surface area contributed by atoms with Crippen molar-refractivity contribution >= 4 is 49.6 Å². The van der Waals surface area contributed by atoms with Gasteiger partial charge in [0.1, 0.15) is 11.2 Å². The van der Waals surface area contributed by atoms with Gasteiger partial charge in [0, 0.05) is 21.2 Å². The Morgan fingerprint density at radius 3 is 2.73 bits per heavy atom. The zero-order valence-electron chi connectivity index (χ0n) is 15.3. The van der Waals surface area contributed by atoms with Crippen LogP contribution in [0.3, 0.4) is 0 Å². The number of nitrogens with zero attached hydrogens (tertiary/aromatic N) is 3. The van der Waals surface area contributed by atoms with Gasteiger partial charge in [-0.05, 0) is 17.5 Å². The highest BCUT2D eigenvalue weighted by Gasteiger charge is 2.16. The molecule has 0 aliphatic rings. The second-order valence-electron chi connectivity index (χ2n) is 6.48. The van der Waals surface area contributed by atoms with E-state index in [2.05, 4.69) is 20.6 Å². The third-order valence-electron chi connectivity index (χ3n) is 4.63. The van der Waals surface area contributed by atoms with Gasteiger partial charge in [0.05, 0.1) is 22.9 Å². The lowest BCUT2D eigenvalue weighted by Crippen LogP contribution is -2.34. The SMILES string of the molecule is O=C(Cc1n[nH]c(=O)c2ccccc12)Nn1cnc2scc(-c3cccs3)c2c1=O. The number of aromatic amines is 1. The molecule has 5 aromatic rings. The van der Waals surface area contributed by atoms with Crippen molar-refractivity contribution in [1.29, 1.82) is 0 Å². The molecule has 0 unspecified atom stereocenters. The standard InChI is InChI=1S/C20H13N5O3S2/c26-16(8-14-11-4-1-2-5-12(11)18(27)23-22-14)24-25-10-21-19-17(20(25)28)13(9-30-19)15-6-3-7-29-15/h1-7,9-10H,8H2,(H,23,27)(H,24,26). The van der Waals surface area contributed by atoms with Crippen LogP contribution in [0, 0.1) is 0 Å². The summed E-state index contributed by atoms with van der Waals surface area (Å²) in [6.07, 6.45) is 1.19. The van der Waals surface area contributed by atoms with Crippen LogP contribution in [-0.4, -0.2) is 25.8 Å². The zero-order chi connectivity index (χ0) is 20.7. The van der Waals surface area contributed by atoms with Gasteiger partial charge in [0.25, 0.3) is 11.1 Å². The molecule has 0 aliphatic heterocycles. The normalized spacial score (nSPS) is 11.2. The Bertz CT molecular complexity index is 1520. The number of aromatic nitrogens is 4. The summed E-state index contributed by atoms with van der Waals surface area (Å²) in [5, 5.41) is 11.8. The number of H-pyrrole nitrogens is 1. The first-order valence-electron chi connectivity index (χ1n) is 8.90. The van der Waals surface area contributed by atoms with E-state index in [0.717, 1.165) is 15.1 Å². The molecule has 4 heterocycles. The summed E-state index contributed by atoms with van der Waals surface area (Å²) in [7, 11) is 0. The Morgan fingerprint density at radius 1 is 1.10 bits per heavy atom. The lowest BCUT2D eigenvalue weighted by atomic mass is 10.1. The fraction of sp³-hybridized carbons (Fsp3) is 0.0500. The maximum atomic E-state index is 13.0. The van der Waals surface area contributed by atoms with Crippen molar-refractivity contribution in [3.05, 3.63) is 79.9 Å². The topological polar surface area (TPSA) is 110 Å². The molecule has 30 heavy (non-hydrogen) atoms. The highest BCUT2D eigenvalue weighted by atomic mass is 32.1. The molecule has 0 aliphatic carbocycles. The van der Waals surface area contributed by atoms with Crippen LogP contribution in [0.1, 0.15) is 5.69 Å². The molecule has 148 valence electrons. The van der Waals surface area contributed by atoms with Gasteiger partial charge < -0.3 is 0 Å². The van der Waals surface area contributed by atoms with Crippen molar-refractivity contribution in [2.75, 3.05) is 5.43 Å². The minimum Gasteiger partial charge on any atom is -0.273 e. The highest BCUT2D eigenvalue weighted by molar-refractivity contribution is 7.18. The van der Waals surface area contributed by atoms with Gasteiger partial charge in [-0.15, -0.1) is 22.7 Å². The van der Waals surface area contributed by atoms with E-state index in [1.165, 1.54) is 29.0 Å². The molecule has 2 N–H and O–H groups in total. The van der Waals surface area contributed by atoms with Crippen LogP contribution in [0.25, 0.3) is 31.4 Å². The Labute approximate surface area is 176 Å². The number of benzene rings is 1. The molecule has 0 spiro atoms. The minimum absolute atomic E-state index is 0.108. The first-order valence-corrected chi connectivity index (χ1v) is 10.7. The lowest BCUT2D eigenvalue weighted by Gasteiger charge is -2.09. The van der Waals surface area contributed by atoms with Gasteiger partial charge in [-0.2, -0.15) is 5.10 Å². The summed E-state index contributed by atoms with van der Waals surface area (Å²) in [5.41, 5.74) is 3.12. The van der Waals surface area contributed by atoms with Crippen molar-refractivity contribution in [2.24, 2.45) is 0 Å². The number of fused-ring (bicyclic) bond motifs is 2. The van der Waals surface area contributed by atoms with Crippen LogP contribution in [-0.2, 0) is 11.2 Å². The first kappa shape index (κ1) is 18.4. The summed E-state index contributed by atoms with van der Waals surface area (Å²) >= 11 is 2.92. The Morgan fingerprint density at radius 2 is 1.93 bits per heavy atom. The van der Waals surface area contributed by atoms with E-state index in [1.54, 1.807) is 24.3 Å². The van der Waals surface area contributed by atoms with Crippen molar-refractivity contribution in [2.45, 2.75) is 6.42 Å². The minimum atomic E-state index is -0.448. The van der Waals surface area contributed by atoms with Gasteiger partial charge in [-0.25, -0.2) is 14.8 Å². The van der Waals surface area contributed by atoms with Gasteiger partial charge in [0.15, 0.2) is 0 Å². The Hall–Kier alpha value is -3.63. The van der Waals surface area contributed by atoms with Crippen molar-refractivity contribution < 1.29 is 4.79 Å². The maximum absolute atomic E-state index is 13.0. The van der Waals surface area contributed by atoms with Gasteiger partial charge in [-0.3, -0.25) is 19.8 Å². The van der Waals surface area contributed by atoms with E-state index in [9.17, 15) is 14.4 Å². The predicted octanol–water partition coefficient (Wildman–Crippen LogP) is 2.74. The molecule has 10 heteroatoms. The summed E-state index contributed by atoms with van der Waals surface area (Å²) in [4.78, 5) is 43.4. The fourth-order valence-electron chi connectivity index (χ4n) is 3.26. The zero-order valence-corrected chi connectivity index (χ0v) is 16.9. The van der Waals surface area contributed by atoms with E-state index < -0.39 is 5.91 Å². The van der Waals surface area contributed by atoms with E-state index in [1.807, 2.05) is 22.9 Å². The van der Waals surface area contributed by atoms with Crippen LogP contribution in [0.15, 0.2) is 63.1 Å². The fourth-order valence-corrected chi connectivity index (χ4v) is 4.98. The molecule has 1 aromatic carbocycles. The Kier molecular flexibility index (Phi) is 4.49. The predicted molar refractivity (Wildman–Crippen MR) is 118 cm³/mol. The molecule has 0 saturated heterocycles. The number of rotatable bonds is 4. The summed E-state index contributed by atoms with van der Waals surface area (Å²) < 4.78 is 1.09. The monoisotopic (exact) mass is 435 g/mol. The van der Waals surface area contributed by atoms with Crippen LogP contribution in [0.4, 0.5) is 0 Å². The highest BCUT2D eigenvalue weighted by Crippen LogP contribution is 2.33. The van der Waals surface area contributed by atoms with Crippen molar-refractivity contribution in [1.82, 2.24) is 19.9 Å². The van der Waals surface area contributed by atoms with E-state index in [-0.39, 0.29) is 17.5 Å². The van der Waals surface area contributed by atoms with Crippen molar-refractivity contribution in [3.8, 4) is 10.4 Å². The third-order valence-corrected chi connectivity index (χ3v) is 6.42. The summed E-state index contributed by atoms with van der Waals surface area (Å²) in [5.74, 6) is -0.448. The third kappa shape index (κ3) is 3.11. The number of amides is 1. The molecule has 0 radical (unpaired) electrons. The van der Waals surface area contributed by atoms with E-state index in [0.29, 0.717) is 26.7 Å². The lowest BCUT2D eigenvalue weighted by molar-refractivity contribution is -0.116. The number of thiophene rings is 2. The smallest absolute Gasteiger partial charge is 0.273 e. The average Bonchev–Trinajstić information content (AvgIpc) is 3.42. The van der Waals surface area contributed by atoms with Crippen LogP contribution in [0.5, 0.6) is 0 Å².